The van der Waals surface area contributed by atoms with Crippen molar-refractivity contribution in [1.29, 1.82) is 0 Å². The van der Waals surface area contributed by atoms with Crippen molar-refractivity contribution < 1.29 is 33.8 Å². The first-order valence-corrected chi connectivity index (χ1v) is 7.66. The first kappa shape index (κ1) is 20.1. The van der Waals surface area contributed by atoms with Crippen LogP contribution in [0.25, 0.3) is 0 Å². The summed E-state index contributed by atoms with van der Waals surface area (Å²) in [4.78, 5) is 51.3. The maximum atomic E-state index is 12.2. The molecule has 0 saturated carbocycles. The molecule has 1 aromatic heterocycles. The van der Waals surface area contributed by atoms with Gasteiger partial charge >= 0.3 is 17.9 Å². The average Bonchev–Trinajstić information content (AvgIpc) is 2.58. The molecule has 0 aliphatic rings. The minimum Gasteiger partial charge on any atom is -0.480 e. The summed E-state index contributed by atoms with van der Waals surface area (Å²) in [6.45, 7) is 3.21. The van der Waals surface area contributed by atoms with Crippen molar-refractivity contribution in [2.45, 2.75) is 26.3 Å². The number of nitrogens with one attached hydrogen (secondary N) is 1. The molecule has 0 spiro atoms. The molecule has 0 saturated heterocycles. The first-order chi connectivity index (χ1) is 11.9. The summed E-state index contributed by atoms with van der Waals surface area (Å²) in [5.41, 5.74) is 0.167. The highest BCUT2D eigenvalue weighted by molar-refractivity contribution is 5.98. The van der Waals surface area contributed by atoms with E-state index in [2.05, 4.69) is 10.3 Å². The standard InChI is InChI=1S/C16H20N2O7/c1-3-24-12(19)9-11(16(23)25-4-2)13(15(21)22)18-14(20)10-5-7-17-8-6-10/h5-8,11,13H,3-4,9H2,1-2H3,(H,18,20)(H,21,22)/t11-,13-/m0/s1. The Morgan fingerprint density at radius 3 is 2.24 bits per heavy atom. The largest absolute Gasteiger partial charge is 0.480 e. The topological polar surface area (TPSA) is 132 Å². The van der Waals surface area contributed by atoms with Gasteiger partial charge in [0.2, 0.25) is 0 Å². The molecular formula is C16H20N2O7. The average molecular weight is 352 g/mol. The molecule has 136 valence electrons. The van der Waals surface area contributed by atoms with E-state index < -0.39 is 42.2 Å². The molecule has 2 atom stereocenters. The second kappa shape index (κ2) is 10.0. The third-order valence-electron chi connectivity index (χ3n) is 3.18. The van der Waals surface area contributed by atoms with Crippen LogP contribution in [-0.4, -0.2) is 53.2 Å². The van der Waals surface area contributed by atoms with E-state index in [-0.39, 0.29) is 18.8 Å². The quantitative estimate of drug-likeness (QED) is 0.610. The van der Waals surface area contributed by atoms with Crippen LogP contribution in [0.2, 0.25) is 0 Å². The monoisotopic (exact) mass is 352 g/mol. The van der Waals surface area contributed by atoms with E-state index in [1.807, 2.05) is 0 Å². The number of carboxylic acid groups (broad SMARTS) is 1. The number of amides is 1. The molecular weight excluding hydrogens is 332 g/mol. The maximum Gasteiger partial charge on any atom is 0.327 e. The molecule has 1 heterocycles. The fourth-order valence-corrected chi connectivity index (χ4v) is 2.05. The van der Waals surface area contributed by atoms with Crippen LogP contribution in [0, 0.1) is 5.92 Å². The Hall–Kier alpha value is -2.97. The summed E-state index contributed by atoms with van der Waals surface area (Å²) >= 11 is 0. The van der Waals surface area contributed by atoms with Crippen LogP contribution in [-0.2, 0) is 23.9 Å². The second-order valence-electron chi connectivity index (χ2n) is 4.89. The summed E-state index contributed by atoms with van der Waals surface area (Å²) in [5, 5.41) is 11.7. The fraction of sp³-hybridized carbons (Fsp3) is 0.438. The first-order valence-electron chi connectivity index (χ1n) is 7.66. The van der Waals surface area contributed by atoms with E-state index in [4.69, 9.17) is 9.47 Å². The highest BCUT2D eigenvalue weighted by Gasteiger charge is 2.38. The summed E-state index contributed by atoms with van der Waals surface area (Å²) in [6, 6.07) is 1.13. The Bertz CT molecular complexity index is 618. The van der Waals surface area contributed by atoms with Crippen LogP contribution < -0.4 is 5.32 Å². The normalized spacial score (nSPS) is 12.6. The number of esters is 2. The molecule has 9 heteroatoms. The molecule has 0 radical (unpaired) electrons. The van der Waals surface area contributed by atoms with E-state index in [0.717, 1.165) is 0 Å². The van der Waals surface area contributed by atoms with Gasteiger partial charge in [0, 0.05) is 18.0 Å². The molecule has 0 bridgehead atoms. The lowest BCUT2D eigenvalue weighted by atomic mass is 9.95. The number of pyridine rings is 1. The molecule has 0 unspecified atom stereocenters. The summed E-state index contributed by atoms with van der Waals surface area (Å²) in [6.07, 6.45) is 2.21. The Kier molecular flexibility index (Phi) is 8.04. The molecule has 1 aromatic rings. The van der Waals surface area contributed by atoms with Gasteiger partial charge in [-0.15, -0.1) is 0 Å². The number of carbonyl (C=O) groups is 4. The number of hydrogen-bond acceptors (Lipinski definition) is 7. The summed E-state index contributed by atoms with van der Waals surface area (Å²) in [5.74, 6) is -5.26. The number of hydrogen-bond donors (Lipinski definition) is 2. The predicted octanol–water partition coefficient (Wildman–Crippen LogP) is 0.397. The van der Waals surface area contributed by atoms with Crippen molar-refractivity contribution >= 4 is 23.8 Å². The van der Waals surface area contributed by atoms with Crippen LogP contribution in [0.4, 0.5) is 0 Å². The number of aliphatic carboxylic acids is 1. The zero-order chi connectivity index (χ0) is 18.8. The van der Waals surface area contributed by atoms with Gasteiger partial charge in [-0.1, -0.05) is 0 Å². The van der Waals surface area contributed by atoms with Gasteiger partial charge in [-0.25, -0.2) is 4.79 Å². The molecule has 25 heavy (non-hydrogen) atoms. The minimum atomic E-state index is -1.65. The lowest BCUT2D eigenvalue weighted by molar-refractivity contribution is -0.159. The Morgan fingerprint density at radius 1 is 1.12 bits per heavy atom. The number of nitrogens with zero attached hydrogens (tertiary/aromatic N) is 1. The van der Waals surface area contributed by atoms with Crippen LogP contribution >= 0.6 is 0 Å². The van der Waals surface area contributed by atoms with Gasteiger partial charge in [0.15, 0.2) is 0 Å². The van der Waals surface area contributed by atoms with Gasteiger partial charge in [-0.2, -0.15) is 0 Å². The van der Waals surface area contributed by atoms with Gasteiger partial charge in [0.1, 0.15) is 6.04 Å². The van der Waals surface area contributed by atoms with E-state index in [1.54, 1.807) is 13.8 Å². The van der Waals surface area contributed by atoms with Gasteiger partial charge in [-0.05, 0) is 26.0 Å². The van der Waals surface area contributed by atoms with E-state index >= 15 is 0 Å². The van der Waals surface area contributed by atoms with Gasteiger partial charge in [0.25, 0.3) is 5.91 Å². The lowest BCUT2D eigenvalue weighted by Gasteiger charge is -2.22. The Morgan fingerprint density at radius 2 is 1.72 bits per heavy atom. The van der Waals surface area contributed by atoms with Crippen molar-refractivity contribution in [2.24, 2.45) is 5.92 Å². The number of ether oxygens (including phenoxy) is 2. The molecule has 9 nitrogen and oxygen atoms in total. The van der Waals surface area contributed by atoms with E-state index in [0.29, 0.717) is 0 Å². The molecule has 0 aromatic carbocycles. The molecule has 0 fully saturated rings. The zero-order valence-electron chi connectivity index (χ0n) is 13.9. The van der Waals surface area contributed by atoms with Crippen molar-refractivity contribution in [3.63, 3.8) is 0 Å². The Labute approximate surface area is 144 Å². The summed E-state index contributed by atoms with van der Waals surface area (Å²) < 4.78 is 9.59. The third-order valence-corrected chi connectivity index (χ3v) is 3.18. The van der Waals surface area contributed by atoms with Gasteiger partial charge in [-0.3, -0.25) is 19.4 Å². The van der Waals surface area contributed by atoms with E-state index in [1.165, 1.54) is 24.5 Å². The van der Waals surface area contributed by atoms with E-state index in [9.17, 15) is 24.3 Å². The fourth-order valence-electron chi connectivity index (χ4n) is 2.05. The molecule has 0 aliphatic heterocycles. The highest BCUT2D eigenvalue weighted by atomic mass is 16.5. The van der Waals surface area contributed by atoms with Crippen LogP contribution in [0.5, 0.6) is 0 Å². The number of carbonyl (C=O) groups excluding carboxylic acids is 3. The highest BCUT2D eigenvalue weighted by Crippen LogP contribution is 2.15. The summed E-state index contributed by atoms with van der Waals surface area (Å²) in [7, 11) is 0. The molecule has 1 rings (SSSR count). The smallest absolute Gasteiger partial charge is 0.327 e. The predicted molar refractivity (Wildman–Crippen MR) is 84.5 cm³/mol. The lowest BCUT2D eigenvalue weighted by Crippen LogP contribution is -2.49. The minimum absolute atomic E-state index is 0.00278. The number of rotatable bonds is 9. The second-order valence-corrected chi connectivity index (χ2v) is 4.89. The van der Waals surface area contributed by atoms with Crippen molar-refractivity contribution in [2.75, 3.05) is 13.2 Å². The van der Waals surface area contributed by atoms with Crippen LogP contribution in [0.15, 0.2) is 24.5 Å². The van der Waals surface area contributed by atoms with Crippen molar-refractivity contribution in [1.82, 2.24) is 10.3 Å². The number of carboxylic acids is 1. The number of aromatic nitrogens is 1. The third kappa shape index (κ3) is 6.21. The van der Waals surface area contributed by atoms with Gasteiger partial charge in [0.05, 0.1) is 25.6 Å². The molecule has 0 aliphatic carbocycles. The zero-order valence-corrected chi connectivity index (χ0v) is 13.9. The molecule has 1 amide bonds. The van der Waals surface area contributed by atoms with Crippen molar-refractivity contribution in [3.05, 3.63) is 30.1 Å². The van der Waals surface area contributed by atoms with Crippen LogP contribution in [0.3, 0.4) is 0 Å². The van der Waals surface area contributed by atoms with Crippen molar-refractivity contribution in [3.8, 4) is 0 Å². The SMILES string of the molecule is CCOC(=O)C[C@H](C(=O)OCC)[C@H](NC(=O)c1ccncc1)C(=O)O. The molecule has 2 N–H and O–H groups in total. The van der Waals surface area contributed by atoms with Crippen LogP contribution in [0.1, 0.15) is 30.6 Å². The maximum absolute atomic E-state index is 12.2. The Balaban J connectivity index is 3.01. The van der Waals surface area contributed by atoms with Gasteiger partial charge < -0.3 is 19.9 Å².